The van der Waals surface area contributed by atoms with Crippen LogP contribution in [0.25, 0.3) is 0 Å². The van der Waals surface area contributed by atoms with Crippen LogP contribution in [0.1, 0.15) is 23.1 Å². The van der Waals surface area contributed by atoms with E-state index in [0.29, 0.717) is 23.3 Å². The molecule has 0 saturated carbocycles. The first kappa shape index (κ1) is 16.0. The fraction of sp³-hybridized carbons (Fsp3) is 0.222. The molecular formula is C18H17N3O3S. The highest BCUT2D eigenvalue weighted by Crippen LogP contribution is 2.34. The first-order valence-electron chi connectivity index (χ1n) is 7.92. The highest BCUT2D eigenvalue weighted by molar-refractivity contribution is 7.98. The average molecular weight is 355 g/mol. The van der Waals surface area contributed by atoms with E-state index in [-0.39, 0.29) is 12.8 Å². The molecule has 2 N–H and O–H groups in total. The zero-order chi connectivity index (χ0) is 17.1. The predicted molar refractivity (Wildman–Crippen MR) is 93.5 cm³/mol. The molecule has 0 spiro atoms. The van der Waals surface area contributed by atoms with Gasteiger partial charge < -0.3 is 19.6 Å². The molecular weight excluding hydrogens is 338 g/mol. The van der Waals surface area contributed by atoms with Crippen LogP contribution < -0.4 is 15.2 Å². The van der Waals surface area contributed by atoms with Gasteiger partial charge in [-0.05, 0) is 29.7 Å². The molecule has 0 fully saturated rings. The Kier molecular flexibility index (Phi) is 4.58. The second-order valence-electron chi connectivity index (χ2n) is 5.68. The zero-order valence-electron chi connectivity index (χ0n) is 13.4. The lowest BCUT2D eigenvalue weighted by Gasteiger charge is -2.06. The Morgan fingerprint density at radius 3 is 2.72 bits per heavy atom. The molecule has 6 nitrogen and oxygen atoms in total. The number of hydrogen-bond donors (Lipinski definition) is 1. The molecule has 1 atom stereocenters. The van der Waals surface area contributed by atoms with Gasteiger partial charge in [0.2, 0.25) is 12.7 Å². The van der Waals surface area contributed by atoms with E-state index >= 15 is 0 Å². The van der Waals surface area contributed by atoms with Crippen molar-refractivity contribution in [3.05, 3.63) is 65.5 Å². The Morgan fingerprint density at radius 2 is 1.84 bits per heavy atom. The van der Waals surface area contributed by atoms with Crippen molar-refractivity contribution < 1.29 is 13.9 Å². The third-order valence-electron chi connectivity index (χ3n) is 3.84. The molecule has 0 aliphatic carbocycles. The summed E-state index contributed by atoms with van der Waals surface area (Å²) in [5.41, 5.74) is 8.41. The number of aromatic nitrogens is 2. The largest absolute Gasteiger partial charge is 0.454 e. The number of ether oxygens (including phenoxy) is 2. The fourth-order valence-corrected chi connectivity index (χ4v) is 3.27. The number of nitrogens with zero attached hydrogens (tertiary/aromatic N) is 2. The molecule has 0 unspecified atom stereocenters. The highest BCUT2D eigenvalue weighted by Gasteiger charge is 2.17. The quantitative estimate of drug-likeness (QED) is 0.679. The molecule has 25 heavy (non-hydrogen) atoms. The SMILES string of the molecule is N[C@@H](Cc1ccccc1)c1nnc(SCc2ccc3c(c2)OCO3)o1. The summed E-state index contributed by atoms with van der Waals surface area (Å²) < 4.78 is 16.4. The lowest BCUT2D eigenvalue weighted by Crippen LogP contribution is -2.13. The minimum atomic E-state index is -0.310. The maximum Gasteiger partial charge on any atom is 0.276 e. The van der Waals surface area contributed by atoms with Gasteiger partial charge in [-0.2, -0.15) is 0 Å². The molecule has 0 radical (unpaired) electrons. The van der Waals surface area contributed by atoms with Gasteiger partial charge >= 0.3 is 0 Å². The van der Waals surface area contributed by atoms with Crippen LogP contribution in [0.5, 0.6) is 11.5 Å². The Morgan fingerprint density at radius 1 is 1.00 bits per heavy atom. The number of rotatable bonds is 6. The topological polar surface area (TPSA) is 83.4 Å². The highest BCUT2D eigenvalue weighted by atomic mass is 32.2. The predicted octanol–water partition coefficient (Wildman–Crippen LogP) is 3.33. The third kappa shape index (κ3) is 3.78. The molecule has 0 amide bonds. The number of nitrogens with two attached hydrogens (primary N) is 1. The van der Waals surface area contributed by atoms with Crippen LogP contribution in [-0.4, -0.2) is 17.0 Å². The van der Waals surface area contributed by atoms with Crippen molar-refractivity contribution in [2.45, 2.75) is 23.4 Å². The van der Waals surface area contributed by atoms with Gasteiger partial charge in [-0.15, -0.1) is 10.2 Å². The summed E-state index contributed by atoms with van der Waals surface area (Å²) in [5.74, 6) is 2.71. The molecule has 4 rings (SSSR count). The van der Waals surface area contributed by atoms with Crippen LogP contribution in [-0.2, 0) is 12.2 Å². The lowest BCUT2D eigenvalue weighted by molar-refractivity contribution is 0.174. The number of thioether (sulfide) groups is 1. The van der Waals surface area contributed by atoms with Gasteiger partial charge in [0, 0.05) is 5.75 Å². The van der Waals surface area contributed by atoms with Crippen LogP contribution >= 0.6 is 11.8 Å². The number of fused-ring (bicyclic) bond motifs is 1. The summed E-state index contributed by atoms with van der Waals surface area (Å²) in [6.45, 7) is 0.276. The number of hydrogen-bond acceptors (Lipinski definition) is 7. The second kappa shape index (κ2) is 7.16. The minimum absolute atomic E-state index is 0.276. The van der Waals surface area contributed by atoms with Crippen LogP contribution in [0, 0.1) is 0 Å². The van der Waals surface area contributed by atoms with Crippen LogP contribution in [0.2, 0.25) is 0 Å². The van der Waals surface area contributed by atoms with Gasteiger partial charge in [0.25, 0.3) is 5.22 Å². The summed E-state index contributed by atoms with van der Waals surface area (Å²) >= 11 is 1.47. The van der Waals surface area contributed by atoms with Crippen LogP contribution in [0.15, 0.2) is 58.2 Å². The normalized spacial score (nSPS) is 13.8. The first-order chi connectivity index (χ1) is 12.3. The first-order valence-corrected chi connectivity index (χ1v) is 8.91. The minimum Gasteiger partial charge on any atom is -0.454 e. The third-order valence-corrected chi connectivity index (χ3v) is 4.73. The Balaban J connectivity index is 1.36. The van der Waals surface area contributed by atoms with Gasteiger partial charge in [0.15, 0.2) is 11.5 Å². The van der Waals surface area contributed by atoms with Gasteiger partial charge in [-0.3, -0.25) is 0 Å². The molecule has 3 aromatic rings. The molecule has 128 valence electrons. The zero-order valence-corrected chi connectivity index (χ0v) is 14.2. The molecule has 2 heterocycles. The Labute approximate surface area is 149 Å². The van der Waals surface area contributed by atoms with Crippen molar-refractivity contribution in [1.82, 2.24) is 10.2 Å². The molecule has 0 bridgehead atoms. The van der Waals surface area contributed by atoms with Crippen molar-refractivity contribution >= 4 is 11.8 Å². The van der Waals surface area contributed by atoms with E-state index in [1.165, 1.54) is 11.8 Å². The van der Waals surface area contributed by atoms with Crippen molar-refractivity contribution in [3.63, 3.8) is 0 Å². The van der Waals surface area contributed by atoms with E-state index in [1.807, 2.05) is 48.5 Å². The summed E-state index contributed by atoms with van der Waals surface area (Å²) in [5, 5.41) is 8.66. The maximum absolute atomic E-state index is 6.17. The molecule has 7 heteroatoms. The summed E-state index contributed by atoms with van der Waals surface area (Å²) in [7, 11) is 0. The smallest absolute Gasteiger partial charge is 0.276 e. The van der Waals surface area contributed by atoms with Crippen molar-refractivity contribution in [1.29, 1.82) is 0 Å². The number of benzene rings is 2. The van der Waals surface area contributed by atoms with Crippen LogP contribution in [0.4, 0.5) is 0 Å². The van der Waals surface area contributed by atoms with E-state index in [9.17, 15) is 0 Å². The van der Waals surface area contributed by atoms with Gasteiger partial charge in [-0.1, -0.05) is 48.2 Å². The Bertz CT molecular complexity index is 854. The van der Waals surface area contributed by atoms with Crippen LogP contribution in [0.3, 0.4) is 0 Å². The van der Waals surface area contributed by atoms with Gasteiger partial charge in [0.1, 0.15) is 0 Å². The molecule has 1 aromatic heterocycles. The summed E-state index contributed by atoms with van der Waals surface area (Å²) in [6.07, 6.45) is 0.662. The lowest BCUT2D eigenvalue weighted by atomic mass is 10.1. The van der Waals surface area contributed by atoms with E-state index in [1.54, 1.807) is 0 Å². The van der Waals surface area contributed by atoms with Gasteiger partial charge in [0.05, 0.1) is 6.04 Å². The van der Waals surface area contributed by atoms with E-state index < -0.39 is 0 Å². The fourth-order valence-electron chi connectivity index (χ4n) is 2.56. The molecule has 1 aliphatic heterocycles. The average Bonchev–Trinajstić information content (AvgIpc) is 3.29. The van der Waals surface area contributed by atoms with Gasteiger partial charge in [-0.25, -0.2) is 0 Å². The summed E-state index contributed by atoms with van der Waals surface area (Å²) in [6, 6.07) is 15.6. The molecule has 1 aliphatic rings. The maximum atomic E-state index is 6.17. The van der Waals surface area contributed by atoms with Crippen molar-refractivity contribution in [2.75, 3.05) is 6.79 Å². The van der Waals surface area contributed by atoms with E-state index in [2.05, 4.69) is 10.2 Å². The van der Waals surface area contributed by atoms with Crippen molar-refractivity contribution in [3.8, 4) is 11.5 Å². The molecule has 2 aromatic carbocycles. The standard InChI is InChI=1S/C18H17N3O3S/c19-14(8-12-4-2-1-3-5-12)17-20-21-18(24-17)25-10-13-6-7-15-16(9-13)23-11-22-15/h1-7,9,14H,8,10-11,19H2/t14-/m0/s1. The van der Waals surface area contributed by atoms with Crippen molar-refractivity contribution in [2.24, 2.45) is 5.73 Å². The molecule has 0 saturated heterocycles. The summed E-state index contributed by atoms with van der Waals surface area (Å²) in [4.78, 5) is 0. The second-order valence-corrected chi connectivity index (χ2v) is 6.61. The Hall–Kier alpha value is -2.51. The monoisotopic (exact) mass is 355 g/mol. The van der Waals surface area contributed by atoms with E-state index in [0.717, 1.165) is 22.6 Å². The van der Waals surface area contributed by atoms with E-state index in [4.69, 9.17) is 19.6 Å².